The Bertz CT molecular complexity index is 1220. The zero-order valence-electron chi connectivity index (χ0n) is 19.5. The molecule has 5 rings (SSSR count). The van der Waals surface area contributed by atoms with E-state index in [1.165, 1.54) is 9.70 Å². The molecule has 35 heavy (non-hydrogen) atoms. The highest BCUT2D eigenvalue weighted by Crippen LogP contribution is 2.33. The summed E-state index contributed by atoms with van der Waals surface area (Å²) >= 11 is 0. The first-order chi connectivity index (χ1) is 17.0. The van der Waals surface area contributed by atoms with Gasteiger partial charge in [0.2, 0.25) is 0 Å². The van der Waals surface area contributed by atoms with Crippen LogP contribution in [0.25, 0.3) is 0 Å². The van der Waals surface area contributed by atoms with E-state index in [1.807, 2.05) is 36.4 Å². The van der Waals surface area contributed by atoms with Crippen LogP contribution in [0.15, 0.2) is 42.6 Å². The largest absolute Gasteiger partial charge is 0.487 e. The van der Waals surface area contributed by atoms with Crippen LogP contribution in [0.3, 0.4) is 0 Å². The Labute approximate surface area is 201 Å². The molecule has 0 spiro atoms. The molecule has 0 saturated carbocycles. The number of tetrazole rings is 1. The number of carbonyl (C=O) groups is 2. The summed E-state index contributed by atoms with van der Waals surface area (Å²) in [6, 6.07) is 10.5. The van der Waals surface area contributed by atoms with Crippen LogP contribution in [0, 0.1) is 0 Å². The van der Waals surface area contributed by atoms with E-state index in [9.17, 15) is 9.59 Å². The Morgan fingerprint density at radius 2 is 2.11 bits per heavy atom. The number of nitrogens with one attached hydrogen (secondary N) is 1. The standard InChI is InChI=1S/C23H26N8O4/c1-29-21-19(10-16(11-24-21)30-9-8-17(13-30)34-2)35-14-18(23(29)33)25-22(32)20-26-28-31(27-20)12-15-6-4-3-5-7-15/h3-7,10-11,17-18H,8-9,12-14H2,1-2H3,(H,25,32)/t17-,18-/m0/s1. The van der Waals surface area contributed by atoms with Crippen LogP contribution in [0.2, 0.25) is 0 Å². The summed E-state index contributed by atoms with van der Waals surface area (Å²) in [5.41, 5.74) is 1.87. The molecule has 3 aromatic rings. The maximum Gasteiger partial charge on any atom is 0.293 e. The van der Waals surface area contributed by atoms with Gasteiger partial charge in [-0.2, -0.15) is 4.80 Å². The molecule has 2 atom stereocenters. The fraction of sp³-hybridized carbons (Fsp3) is 0.391. The lowest BCUT2D eigenvalue weighted by Crippen LogP contribution is -2.49. The Morgan fingerprint density at radius 1 is 1.29 bits per heavy atom. The molecule has 0 radical (unpaired) electrons. The summed E-state index contributed by atoms with van der Waals surface area (Å²) < 4.78 is 11.4. The van der Waals surface area contributed by atoms with Gasteiger partial charge >= 0.3 is 0 Å². The quantitative estimate of drug-likeness (QED) is 0.538. The minimum atomic E-state index is -0.934. The average molecular weight is 479 g/mol. The van der Waals surface area contributed by atoms with Crippen LogP contribution >= 0.6 is 0 Å². The normalized spacial score (nSPS) is 19.8. The van der Waals surface area contributed by atoms with E-state index in [4.69, 9.17) is 9.47 Å². The first kappa shape index (κ1) is 22.7. The van der Waals surface area contributed by atoms with E-state index in [-0.39, 0.29) is 24.4 Å². The number of methoxy groups -OCH3 is 1. The molecule has 1 fully saturated rings. The van der Waals surface area contributed by atoms with Crippen LogP contribution in [0.5, 0.6) is 5.75 Å². The van der Waals surface area contributed by atoms with Crippen molar-refractivity contribution in [3.8, 4) is 5.75 Å². The number of carbonyl (C=O) groups excluding carboxylic acids is 2. The van der Waals surface area contributed by atoms with Gasteiger partial charge in [0.15, 0.2) is 11.6 Å². The van der Waals surface area contributed by atoms with Gasteiger partial charge in [-0.3, -0.25) is 14.5 Å². The van der Waals surface area contributed by atoms with Gasteiger partial charge in [-0.1, -0.05) is 30.3 Å². The molecule has 1 N–H and O–H groups in total. The van der Waals surface area contributed by atoms with Crippen molar-refractivity contribution in [1.29, 1.82) is 0 Å². The van der Waals surface area contributed by atoms with E-state index in [2.05, 4.69) is 30.6 Å². The van der Waals surface area contributed by atoms with E-state index in [0.717, 1.165) is 30.8 Å². The van der Waals surface area contributed by atoms with Crippen LogP contribution in [0.1, 0.15) is 22.6 Å². The minimum Gasteiger partial charge on any atom is -0.487 e. The molecule has 1 saturated heterocycles. The first-order valence-corrected chi connectivity index (χ1v) is 11.3. The Hall–Kier alpha value is -4.06. The number of anilines is 2. The SMILES string of the molecule is CO[C@H]1CCN(c2cnc3c(c2)OC[C@H](NC(=O)c2nnn(Cc4ccccc4)n2)C(=O)N3C)C1. The van der Waals surface area contributed by atoms with Gasteiger partial charge in [0.25, 0.3) is 17.6 Å². The highest BCUT2D eigenvalue weighted by atomic mass is 16.5. The monoisotopic (exact) mass is 478 g/mol. The lowest BCUT2D eigenvalue weighted by molar-refractivity contribution is -0.120. The summed E-state index contributed by atoms with van der Waals surface area (Å²) in [6.07, 6.45) is 2.83. The van der Waals surface area contributed by atoms with Crippen molar-refractivity contribution in [2.45, 2.75) is 25.1 Å². The third-order valence-electron chi connectivity index (χ3n) is 6.14. The van der Waals surface area contributed by atoms with Crippen molar-refractivity contribution < 1.29 is 19.1 Å². The molecule has 2 aliphatic rings. The molecule has 4 heterocycles. The predicted octanol–water partition coefficient (Wildman–Crippen LogP) is 0.495. The zero-order valence-corrected chi connectivity index (χ0v) is 19.5. The first-order valence-electron chi connectivity index (χ1n) is 11.3. The predicted molar refractivity (Wildman–Crippen MR) is 125 cm³/mol. The third kappa shape index (κ3) is 4.78. The molecule has 0 bridgehead atoms. The number of rotatable bonds is 6. The Kier molecular flexibility index (Phi) is 6.27. The Morgan fingerprint density at radius 3 is 2.89 bits per heavy atom. The van der Waals surface area contributed by atoms with Gasteiger partial charge in [0.1, 0.15) is 12.6 Å². The second kappa shape index (κ2) is 9.66. The summed E-state index contributed by atoms with van der Waals surface area (Å²) in [5, 5.41) is 14.6. The number of hydrogen-bond acceptors (Lipinski definition) is 9. The fourth-order valence-electron chi connectivity index (χ4n) is 4.17. The number of fused-ring (bicyclic) bond motifs is 1. The highest BCUT2D eigenvalue weighted by molar-refractivity contribution is 6.01. The van der Waals surface area contributed by atoms with E-state index in [0.29, 0.717) is 18.1 Å². The second-order valence-corrected chi connectivity index (χ2v) is 8.47. The van der Waals surface area contributed by atoms with E-state index in [1.54, 1.807) is 20.4 Å². The second-order valence-electron chi connectivity index (χ2n) is 8.47. The number of likely N-dealkylation sites (N-methyl/N-ethyl adjacent to an activating group) is 1. The molecule has 182 valence electrons. The summed E-state index contributed by atoms with van der Waals surface area (Å²) in [4.78, 5) is 35.2. The topological polar surface area (TPSA) is 128 Å². The maximum atomic E-state index is 13.0. The third-order valence-corrected chi connectivity index (χ3v) is 6.14. The molecule has 2 aliphatic heterocycles. The molecular formula is C23H26N8O4. The molecule has 2 aromatic heterocycles. The highest BCUT2D eigenvalue weighted by Gasteiger charge is 2.33. The van der Waals surface area contributed by atoms with Gasteiger partial charge in [-0.25, -0.2) is 4.98 Å². The number of aromatic nitrogens is 5. The van der Waals surface area contributed by atoms with E-state index < -0.39 is 11.9 Å². The van der Waals surface area contributed by atoms with Gasteiger partial charge < -0.3 is 19.7 Å². The van der Waals surface area contributed by atoms with Crippen molar-refractivity contribution in [2.24, 2.45) is 0 Å². The molecule has 12 heteroatoms. The number of nitrogens with zero attached hydrogens (tertiary/aromatic N) is 7. The summed E-state index contributed by atoms with van der Waals surface area (Å²) in [7, 11) is 3.31. The minimum absolute atomic E-state index is 0.0497. The lowest BCUT2D eigenvalue weighted by atomic mass is 10.2. The average Bonchev–Trinajstić information content (AvgIpc) is 3.54. The summed E-state index contributed by atoms with van der Waals surface area (Å²) in [6.45, 7) is 1.94. The number of ether oxygens (including phenoxy) is 2. The number of pyridine rings is 1. The van der Waals surface area contributed by atoms with Gasteiger partial charge in [0.05, 0.1) is 24.5 Å². The smallest absolute Gasteiger partial charge is 0.293 e. The van der Waals surface area contributed by atoms with Crippen molar-refractivity contribution in [3.05, 3.63) is 54.0 Å². The van der Waals surface area contributed by atoms with Crippen LogP contribution in [0.4, 0.5) is 11.5 Å². The number of amides is 2. The van der Waals surface area contributed by atoms with Crippen molar-refractivity contribution >= 4 is 23.3 Å². The van der Waals surface area contributed by atoms with Crippen LogP contribution in [-0.4, -0.2) is 83.0 Å². The fourth-order valence-corrected chi connectivity index (χ4v) is 4.17. The van der Waals surface area contributed by atoms with Crippen LogP contribution < -0.4 is 19.9 Å². The van der Waals surface area contributed by atoms with Crippen molar-refractivity contribution in [1.82, 2.24) is 30.5 Å². The molecule has 0 aliphatic carbocycles. The molecule has 2 amide bonds. The molecule has 1 aromatic carbocycles. The van der Waals surface area contributed by atoms with Crippen molar-refractivity contribution in [2.75, 3.05) is 43.7 Å². The van der Waals surface area contributed by atoms with Crippen LogP contribution in [-0.2, 0) is 16.1 Å². The number of benzene rings is 1. The molecular weight excluding hydrogens is 452 g/mol. The van der Waals surface area contributed by atoms with E-state index >= 15 is 0 Å². The van der Waals surface area contributed by atoms with Gasteiger partial charge in [0, 0.05) is 33.3 Å². The van der Waals surface area contributed by atoms with Crippen molar-refractivity contribution in [3.63, 3.8) is 0 Å². The maximum absolute atomic E-state index is 13.0. The lowest BCUT2D eigenvalue weighted by Gasteiger charge is -2.21. The zero-order chi connectivity index (χ0) is 24.4. The van der Waals surface area contributed by atoms with Gasteiger partial charge in [-0.15, -0.1) is 10.2 Å². The summed E-state index contributed by atoms with van der Waals surface area (Å²) in [5.74, 6) is -0.218. The molecule has 12 nitrogen and oxygen atoms in total. The molecule has 0 unspecified atom stereocenters. The number of hydrogen-bond donors (Lipinski definition) is 1. The van der Waals surface area contributed by atoms with Gasteiger partial charge in [-0.05, 0) is 17.2 Å². The Balaban J connectivity index is 1.26.